The second kappa shape index (κ2) is 7.73. The first-order valence-corrected chi connectivity index (χ1v) is 7.62. The van der Waals surface area contributed by atoms with Gasteiger partial charge in [-0.1, -0.05) is 29.3 Å². The lowest BCUT2D eigenvalue weighted by atomic mass is 10.3. The van der Waals surface area contributed by atoms with Gasteiger partial charge in [0.1, 0.15) is 5.69 Å². The van der Waals surface area contributed by atoms with Crippen LogP contribution in [-0.2, 0) is 0 Å². The van der Waals surface area contributed by atoms with Crippen molar-refractivity contribution in [3.8, 4) is 0 Å². The van der Waals surface area contributed by atoms with Crippen LogP contribution in [-0.4, -0.2) is 22.4 Å². The fourth-order valence-electron chi connectivity index (χ4n) is 1.68. The molecule has 1 amide bonds. The zero-order chi connectivity index (χ0) is 15.1. The van der Waals surface area contributed by atoms with Gasteiger partial charge in [0.05, 0.1) is 0 Å². The molecule has 0 fully saturated rings. The van der Waals surface area contributed by atoms with E-state index < -0.39 is 0 Å². The van der Waals surface area contributed by atoms with E-state index in [0.717, 1.165) is 23.0 Å². The van der Waals surface area contributed by atoms with Gasteiger partial charge >= 0.3 is 0 Å². The fourth-order valence-corrected chi connectivity index (χ4v) is 1.94. The molecule has 1 heterocycles. The summed E-state index contributed by atoms with van der Waals surface area (Å²) in [6.07, 6.45) is 3.57. The molecule has 0 saturated heterocycles. The van der Waals surface area contributed by atoms with Gasteiger partial charge in [0.25, 0.3) is 5.91 Å². The van der Waals surface area contributed by atoms with E-state index >= 15 is 0 Å². The van der Waals surface area contributed by atoms with Gasteiger partial charge < -0.3 is 10.6 Å². The molecule has 0 spiro atoms. The van der Waals surface area contributed by atoms with E-state index in [1.807, 2.05) is 24.3 Å². The minimum Gasteiger partial charge on any atom is -0.351 e. The van der Waals surface area contributed by atoms with Crippen molar-refractivity contribution in [1.82, 2.24) is 15.3 Å². The number of carbonyl (C=O) groups excluding carboxylic acids is 1. The van der Waals surface area contributed by atoms with E-state index in [1.54, 1.807) is 12.3 Å². The van der Waals surface area contributed by atoms with E-state index in [4.69, 9.17) is 0 Å². The Morgan fingerprint density at radius 1 is 1.24 bits per heavy atom. The average Bonchev–Trinajstić information content (AvgIpc) is 2.50. The topological polar surface area (TPSA) is 66.9 Å². The second-order valence-electron chi connectivity index (χ2n) is 4.51. The predicted octanol–water partition coefficient (Wildman–Crippen LogP) is 3.51. The van der Waals surface area contributed by atoms with E-state index in [9.17, 15) is 4.79 Å². The first-order chi connectivity index (χ1) is 10.2. The molecule has 2 rings (SSSR count). The molecule has 6 heteroatoms. The number of aromatic nitrogens is 2. The summed E-state index contributed by atoms with van der Waals surface area (Å²) in [7, 11) is 0. The Hall–Kier alpha value is -1.95. The van der Waals surface area contributed by atoms with E-state index in [1.165, 1.54) is 0 Å². The van der Waals surface area contributed by atoms with Crippen molar-refractivity contribution in [2.45, 2.75) is 19.8 Å². The Kier molecular flexibility index (Phi) is 5.68. The summed E-state index contributed by atoms with van der Waals surface area (Å²) in [5.74, 6) is 0.227. The Morgan fingerprint density at radius 3 is 2.71 bits per heavy atom. The van der Waals surface area contributed by atoms with Gasteiger partial charge in [-0.3, -0.25) is 4.79 Å². The number of nitrogens with zero attached hydrogens (tertiary/aromatic N) is 2. The van der Waals surface area contributed by atoms with Gasteiger partial charge in [-0.2, -0.15) is 0 Å². The highest BCUT2D eigenvalue weighted by Crippen LogP contribution is 2.16. The summed E-state index contributed by atoms with van der Waals surface area (Å²) in [6.45, 7) is 2.74. The molecule has 0 aliphatic carbocycles. The van der Waals surface area contributed by atoms with Crippen LogP contribution in [0.2, 0.25) is 0 Å². The van der Waals surface area contributed by atoms with Gasteiger partial charge in [0.2, 0.25) is 5.95 Å². The number of benzene rings is 1. The molecule has 0 radical (unpaired) electrons. The molecule has 0 atom stereocenters. The van der Waals surface area contributed by atoms with Gasteiger partial charge in [-0.15, -0.1) is 0 Å². The van der Waals surface area contributed by atoms with Crippen molar-refractivity contribution >= 4 is 33.5 Å². The number of anilines is 2. The minimum absolute atomic E-state index is 0.176. The van der Waals surface area contributed by atoms with Crippen LogP contribution in [0.15, 0.2) is 41.0 Å². The van der Waals surface area contributed by atoms with Crippen LogP contribution < -0.4 is 10.6 Å². The standard InChI is InChI=1S/C15H17BrN4O/c1-2-3-9-17-14(21)13-8-10-18-15(20-13)19-12-6-4-11(16)5-7-12/h4-8,10H,2-3,9H2,1H3,(H,17,21)(H,18,19,20). The van der Waals surface area contributed by atoms with Gasteiger partial charge in [0, 0.05) is 22.9 Å². The molecule has 21 heavy (non-hydrogen) atoms. The SMILES string of the molecule is CCCCNC(=O)c1ccnc(Nc2ccc(Br)cc2)n1. The highest BCUT2D eigenvalue weighted by molar-refractivity contribution is 9.10. The number of unbranched alkanes of at least 4 members (excludes halogenated alkanes) is 1. The van der Waals surface area contributed by atoms with Crippen LogP contribution in [0.4, 0.5) is 11.6 Å². The third kappa shape index (κ3) is 4.82. The first-order valence-electron chi connectivity index (χ1n) is 6.83. The second-order valence-corrected chi connectivity index (χ2v) is 5.42. The smallest absolute Gasteiger partial charge is 0.270 e. The minimum atomic E-state index is -0.176. The number of hydrogen-bond acceptors (Lipinski definition) is 4. The molecular formula is C15H17BrN4O. The van der Waals surface area contributed by atoms with Crippen LogP contribution in [0.1, 0.15) is 30.3 Å². The van der Waals surface area contributed by atoms with Crippen molar-refractivity contribution in [3.63, 3.8) is 0 Å². The van der Waals surface area contributed by atoms with Gasteiger partial charge in [-0.05, 0) is 36.8 Å². The maximum atomic E-state index is 11.9. The van der Waals surface area contributed by atoms with Crippen molar-refractivity contribution < 1.29 is 4.79 Å². The highest BCUT2D eigenvalue weighted by Gasteiger charge is 2.08. The summed E-state index contributed by atoms with van der Waals surface area (Å²) >= 11 is 3.38. The summed E-state index contributed by atoms with van der Waals surface area (Å²) in [5, 5.41) is 5.91. The average molecular weight is 349 g/mol. The summed E-state index contributed by atoms with van der Waals surface area (Å²) < 4.78 is 0.998. The van der Waals surface area contributed by atoms with E-state index in [2.05, 4.69) is 43.5 Å². The molecule has 5 nitrogen and oxygen atoms in total. The summed E-state index contributed by atoms with van der Waals surface area (Å²) in [5.41, 5.74) is 1.22. The van der Waals surface area contributed by atoms with Gasteiger partial charge in [-0.25, -0.2) is 9.97 Å². The van der Waals surface area contributed by atoms with E-state index in [-0.39, 0.29) is 5.91 Å². The highest BCUT2D eigenvalue weighted by atomic mass is 79.9. The normalized spacial score (nSPS) is 10.2. The number of carbonyl (C=O) groups is 1. The Labute approximate surface area is 132 Å². The lowest BCUT2D eigenvalue weighted by Gasteiger charge is -2.07. The molecule has 0 aliphatic heterocycles. The van der Waals surface area contributed by atoms with Crippen molar-refractivity contribution in [3.05, 3.63) is 46.7 Å². The van der Waals surface area contributed by atoms with Crippen molar-refractivity contribution in [2.75, 3.05) is 11.9 Å². The van der Waals surface area contributed by atoms with Gasteiger partial charge in [0.15, 0.2) is 0 Å². The van der Waals surface area contributed by atoms with Crippen LogP contribution in [0, 0.1) is 0 Å². The fraction of sp³-hybridized carbons (Fsp3) is 0.267. The summed E-state index contributed by atoms with van der Waals surface area (Å²) in [4.78, 5) is 20.3. The summed E-state index contributed by atoms with van der Waals surface area (Å²) in [6, 6.07) is 9.25. The molecular weight excluding hydrogens is 332 g/mol. The predicted molar refractivity (Wildman–Crippen MR) is 86.7 cm³/mol. The molecule has 0 aliphatic rings. The third-order valence-electron chi connectivity index (χ3n) is 2.80. The number of hydrogen-bond donors (Lipinski definition) is 2. The monoisotopic (exact) mass is 348 g/mol. The molecule has 1 aromatic carbocycles. The van der Waals surface area contributed by atoms with Crippen molar-refractivity contribution in [1.29, 1.82) is 0 Å². The number of nitrogens with one attached hydrogen (secondary N) is 2. The number of rotatable bonds is 6. The lowest BCUT2D eigenvalue weighted by molar-refractivity contribution is 0.0948. The molecule has 0 saturated carbocycles. The molecule has 0 unspecified atom stereocenters. The third-order valence-corrected chi connectivity index (χ3v) is 3.33. The molecule has 2 aromatic rings. The zero-order valence-corrected chi connectivity index (χ0v) is 13.4. The first kappa shape index (κ1) is 15.4. The van der Waals surface area contributed by atoms with Crippen LogP contribution in [0.3, 0.4) is 0 Å². The molecule has 2 N–H and O–H groups in total. The lowest BCUT2D eigenvalue weighted by Crippen LogP contribution is -2.25. The number of halogens is 1. The molecule has 110 valence electrons. The molecule has 1 aromatic heterocycles. The zero-order valence-electron chi connectivity index (χ0n) is 11.8. The Bertz CT molecular complexity index is 601. The van der Waals surface area contributed by atoms with Crippen LogP contribution >= 0.6 is 15.9 Å². The molecule has 0 bridgehead atoms. The quantitative estimate of drug-likeness (QED) is 0.784. The van der Waals surface area contributed by atoms with Crippen molar-refractivity contribution in [2.24, 2.45) is 0 Å². The van der Waals surface area contributed by atoms with Crippen LogP contribution in [0.5, 0.6) is 0 Å². The largest absolute Gasteiger partial charge is 0.351 e. The maximum Gasteiger partial charge on any atom is 0.270 e. The Morgan fingerprint density at radius 2 is 2.00 bits per heavy atom. The maximum absolute atomic E-state index is 11.9. The number of amides is 1. The Balaban J connectivity index is 2.03. The van der Waals surface area contributed by atoms with E-state index in [0.29, 0.717) is 18.2 Å². The van der Waals surface area contributed by atoms with Crippen LogP contribution in [0.25, 0.3) is 0 Å².